The Bertz CT molecular complexity index is 427. The second-order valence-corrected chi connectivity index (χ2v) is 4.96. The Morgan fingerprint density at radius 1 is 1.17 bits per heavy atom. The van der Waals surface area contributed by atoms with E-state index in [1.807, 2.05) is 6.07 Å². The highest BCUT2D eigenvalue weighted by atomic mass is 16.5. The second kappa shape index (κ2) is 5.16. The molecule has 18 heavy (non-hydrogen) atoms. The van der Waals surface area contributed by atoms with Gasteiger partial charge in [-0.1, -0.05) is 0 Å². The van der Waals surface area contributed by atoms with Gasteiger partial charge in [0.2, 0.25) is 0 Å². The summed E-state index contributed by atoms with van der Waals surface area (Å²) in [6, 6.07) is 4.10. The zero-order valence-corrected chi connectivity index (χ0v) is 11.3. The Balaban J connectivity index is 2.32. The van der Waals surface area contributed by atoms with E-state index in [1.54, 1.807) is 21.3 Å². The van der Waals surface area contributed by atoms with Crippen LogP contribution in [-0.2, 0) is 17.8 Å². The van der Waals surface area contributed by atoms with Crippen molar-refractivity contribution in [1.82, 2.24) is 0 Å². The predicted octanol–water partition coefficient (Wildman–Crippen LogP) is 1.88. The standard InChI is InChI=1S/C14H21NO3/c1-16-9-11-6-10(8-14(15)4-5-14)7-12(17-2)13(11)18-3/h6-7H,4-5,8-9,15H2,1-3H3. The first-order valence-electron chi connectivity index (χ1n) is 6.13. The molecule has 0 bridgehead atoms. The molecule has 0 saturated heterocycles. The highest BCUT2D eigenvalue weighted by molar-refractivity contribution is 5.50. The molecule has 1 aliphatic rings. The monoisotopic (exact) mass is 251 g/mol. The molecule has 0 spiro atoms. The van der Waals surface area contributed by atoms with Gasteiger partial charge in [0, 0.05) is 18.2 Å². The van der Waals surface area contributed by atoms with Crippen LogP contribution in [-0.4, -0.2) is 26.9 Å². The lowest BCUT2D eigenvalue weighted by atomic mass is 10.0. The molecular formula is C14H21NO3. The van der Waals surface area contributed by atoms with E-state index in [0.29, 0.717) is 6.61 Å². The first-order valence-corrected chi connectivity index (χ1v) is 6.13. The van der Waals surface area contributed by atoms with Gasteiger partial charge in [-0.2, -0.15) is 0 Å². The largest absolute Gasteiger partial charge is 0.493 e. The SMILES string of the molecule is COCc1cc(CC2(N)CC2)cc(OC)c1OC. The number of hydrogen-bond acceptors (Lipinski definition) is 4. The number of hydrogen-bond donors (Lipinski definition) is 1. The Kier molecular flexibility index (Phi) is 3.78. The Morgan fingerprint density at radius 3 is 2.39 bits per heavy atom. The summed E-state index contributed by atoms with van der Waals surface area (Å²) < 4.78 is 16.0. The fraction of sp³-hybridized carbons (Fsp3) is 0.571. The van der Waals surface area contributed by atoms with Crippen LogP contribution < -0.4 is 15.2 Å². The van der Waals surface area contributed by atoms with Crippen LogP contribution in [0.25, 0.3) is 0 Å². The summed E-state index contributed by atoms with van der Waals surface area (Å²) in [4.78, 5) is 0. The van der Waals surface area contributed by atoms with Crippen LogP contribution in [0, 0.1) is 0 Å². The Labute approximate surface area is 108 Å². The number of rotatable bonds is 6. The maximum atomic E-state index is 6.16. The lowest BCUT2D eigenvalue weighted by Gasteiger charge is -2.16. The van der Waals surface area contributed by atoms with Gasteiger partial charge >= 0.3 is 0 Å². The zero-order chi connectivity index (χ0) is 13.2. The molecule has 0 unspecified atom stereocenters. The lowest BCUT2D eigenvalue weighted by molar-refractivity contribution is 0.180. The van der Waals surface area contributed by atoms with Crippen molar-refractivity contribution in [2.45, 2.75) is 31.4 Å². The molecule has 1 aliphatic carbocycles. The van der Waals surface area contributed by atoms with E-state index in [9.17, 15) is 0 Å². The van der Waals surface area contributed by atoms with E-state index in [2.05, 4.69) is 6.07 Å². The molecule has 0 heterocycles. The third-order valence-corrected chi connectivity index (χ3v) is 3.36. The molecule has 0 amide bonds. The topological polar surface area (TPSA) is 53.7 Å². The second-order valence-electron chi connectivity index (χ2n) is 4.96. The molecule has 1 aromatic carbocycles. The summed E-state index contributed by atoms with van der Waals surface area (Å²) in [7, 11) is 4.96. The molecular weight excluding hydrogens is 230 g/mol. The van der Waals surface area contributed by atoms with Crippen LogP contribution in [0.15, 0.2) is 12.1 Å². The maximum absolute atomic E-state index is 6.16. The van der Waals surface area contributed by atoms with E-state index in [0.717, 1.165) is 36.3 Å². The molecule has 0 aliphatic heterocycles. The average Bonchev–Trinajstić information content (AvgIpc) is 3.06. The molecule has 4 heteroatoms. The van der Waals surface area contributed by atoms with Crippen molar-refractivity contribution >= 4 is 0 Å². The minimum atomic E-state index is -0.00998. The van der Waals surface area contributed by atoms with Gasteiger partial charge in [0.25, 0.3) is 0 Å². The van der Waals surface area contributed by atoms with Gasteiger partial charge in [0.1, 0.15) is 0 Å². The van der Waals surface area contributed by atoms with Gasteiger partial charge in [-0.05, 0) is 37.0 Å². The van der Waals surface area contributed by atoms with Crippen LogP contribution in [0.5, 0.6) is 11.5 Å². The quantitative estimate of drug-likeness (QED) is 0.838. The lowest BCUT2D eigenvalue weighted by Crippen LogP contribution is -2.24. The van der Waals surface area contributed by atoms with Crippen molar-refractivity contribution in [3.05, 3.63) is 23.3 Å². The van der Waals surface area contributed by atoms with Crippen LogP contribution in [0.2, 0.25) is 0 Å². The van der Waals surface area contributed by atoms with Gasteiger partial charge in [0.15, 0.2) is 11.5 Å². The van der Waals surface area contributed by atoms with Crippen molar-refractivity contribution in [3.8, 4) is 11.5 Å². The van der Waals surface area contributed by atoms with Crippen molar-refractivity contribution in [2.75, 3.05) is 21.3 Å². The van der Waals surface area contributed by atoms with Crippen LogP contribution in [0.4, 0.5) is 0 Å². The Morgan fingerprint density at radius 2 is 1.89 bits per heavy atom. The van der Waals surface area contributed by atoms with E-state index < -0.39 is 0 Å². The fourth-order valence-electron chi connectivity index (χ4n) is 2.22. The minimum Gasteiger partial charge on any atom is -0.493 e. The number of benzene rings is 1. The maximum Gasteiger partial charge on any atom is 0.166 e. The Hall–Kier alpha value is -1.26. The van der Waals surface area contributed by atoms with Gasteiger partial charge in [0.05, 0.1) is 20.8 Å². The molecule has 1 aromatic rings. The summed E-state index contributed by atoms with van der Waals surface area (Å²) in [5.74, 6) is 1.48. The molecule has 1 saturated carbocycles. The minimum absolute atomic E-state index is 0.00998. The molecule has 2 rings (SSSR count). The van der Waals surface area contributed by atoms with E-state index in [4.69, 9.17) is 19.9 Å². The van der Waals surface area contributed by atoms with Crippen LogP contribution in [0.3, 0.4) is 0 Å². The van der Waals surface area contributed by atoms with Gasteiger partial charge in [-0.3, -0.25) is 0 Å². The zero-order valence-electron chi connectivity index (χ0n) is 11.3. The molecule has 0 radical (unpaired) electrons. The molecule has 1 fully saturated rings. The van der Waals surface area contributed by atoms with Crippen LogP contribution in [0.1, 0.15) is 24.0 Å². The first kappa shape index (κ1) is 13.2. The van der Waals surface area contributed by atoms with E-state index in [1.165, 1.54) is 5.56 Å². The molecule has 0 aromatic heterocycles. The molecule has 100 valence electrons. The number of ether oxygens (including phenoxy) is 3. The highest BCUT2D eigenvalue weighted by Gasteiger charge is 2.38. The van der Waals surface area contributed by atoms with Gasteiger partial charge in [-0.15, -0.1) is 0 Å². The van der Waals surface area contributed by atoms with Gasteiger partial charge < -0.3 is 19.9 Å². The van der Waals surface area contributed by atoms with Crippen LogP contribution >= 0.6 is 0 Å². The number of nitrogens with two attached hydrogens (primary N) is 1. The molecule has 0 atom stereocenters. The van der Waals surface area contributed by atoms with Crippen molar-refractivity contribution in [2.24, 2.45) is 5.73 Å². The highest BCUT2D eigenvalue weighted by Crippen LogP contribution is 2.39. The normalized spacial score (nSPS) is 16.4. The van der Waals surface area contributed by atoms with Gasteiger partial charge in [-0.25, -0.2) is 0 Å². The summed E-state index contributed by atoms with van der Waals surface area (Å²) in [6.07, 6.45) is 3.08. The summed E-state index contributed by atoms with van der Waals surface area (Å²) >= 11 is 0. The van der Waals surface area contributed by atoms with E-state index in [-0.39, 0.29) is 5.54 Å². The third kappa shape index (κ3) is 2.76. The summed E-state index contributed by atoms with van der Waals surface area (Å²) in [5.41, 5.74) is 8.33. The first-order chi connectivity index (χ1) is 8.61. The fourth-order valence-corrected chi connectivity index (χ4v) is 2.22. The number of methoxy groups -OCH3 is 3. The third-order valence-electron chi connectivity index (χ3n) is 3.36. The van der Waals surface area contributed by atoms with E-state index >= 15 is 0 Å². The van der Waals surface area contributed by atoms with Crippen molar-refractivity contribution < 1.29 is 14.2 Å². The summed E-state index contributed by atoms with van der Waals surface area (Å²) in [6.45, 7) is 0.505. The van der Waals surface area contributed by atoms with Crippen molar-refractivity contribution in [1.29, 1.82) is 0 Å². The smallest absolute Gasteiger partial charge is 0.166 e. The predicted molar refractivity (Wildman–Crippen MR) is 70.1 cm³/mol. The average molecular weight is 251 g/mol. The molecule has 4 nitrogen and oxygen atoms in total. The molecule has 2 N–H and O–H groups in total. The summed E-state index contributed by atoms with van der Waals surface area (Å²) in [5, 5.41) is 0. The van der Waals surface area contributed by atoms with Crippen molar-refractivity contribution in [3.63, 3.8) is 0 Å².